The Hall–Kier alpha value is -1.16. The maximum absolute atomic E-state index is 10.5. The van der Waals surface area contributed by atoms with Gasteiger partial charge in [-0.15, -0.1) is 11.3 Å². The molecule has 0 amide bonds. The molecule has 96 valence electrons. The normalized spacial score (nSPS) is 12.8. The van der Waals surface area contributed by atoms with Crippen LogP contribution in [0.1, 0.15) is 21.4 Å². The number of aliphatic hydroxyl groups excluding tert-OH is 1. The van der Waals surface area contributed by atoms with Crippen LogP contribution in [0.4, 0.5) is 0 Å². The van der Waals surface area contributed by atoms with Crippen LogP contribution >= 0.6 is 27.3 Å². The SMILES string of the molecule is Cc1sc(C(O)c2ccc3ccccc3c2)cc1Br. The predicted octanol–water partition coefficient (Wildman–Crippen LogP) is 5.05. The van der Waals surface area contributed by atoms with E-state index in [1.165, 1.54) is 10.3 Å². The molecule has 1 N–H and O–H groups in total. The average Bonchev–Trinajstić information content (AvgIpc) is 2.77. The Morgan fingerprint density at radius 2 is 1.79 bits per heavy atom. The molecule has 2 aromatic carbocycles. The minimum absolute atomic E-state index is 0.556. The number of aryl methyl sites for hydroxylation is 1. The van der Waals surface area contributed by atoms with Gasteiger partial charge in [-0.25, -0.2) is 0 Å². The number of aliphatic hydroxyl groups is 1. The molecule has 3 rings (SSSR count). The van der Waals surface area contributed by atoms with Crippen LogP contribution in [-0.4, -0.2) is 5.11 Å². The first-order valence-electron chi connectivity index (χ1n) is 6.08. The molecule has 19 heavy (non-hydrogen) atoms. The molecule has 3 heteroatoms. The van der Waals surface area contributed by atoms with Crippen molar-refractivity contribution in [2.45, 2.75) is 13.0 Å². The fraction of sp³-hybridized carbons (Fsp3) is 0.125. The summed E-state index contributed by atoms with van der Waals surface area (Å²) >= 11 is 5.12. The molecule has 0 aliphatic heterocycles. The molecular formula is C16H13BrOS. The summed E-state index contributed by atoms with van der Waals surface area (Å²) in [6.45, 7) is 2.05. The first kappa shape index (κ1) is 12.9. The minimum atomic E-state index is -0.556. The van der Waals surface area contributed by atoms with Crippen LogP contribution in [-0.2, 0) is 0 Å². The van der Waals surface area contributed by atoms with E-state index in [4.69, 9.17) is 0 Å². The maximum atomic E-state index is 10.5. The summed E-state index contributed by atoms with van der Waals surface area (Å²) in [5.74, 6) is 0. The zero-order chi connectivity index (χ0) is 13.4. The Morgan fingerprint density at radius 1 is 1.05 bits per heavy atom. The van der Waals surface area contributed by atoms with Crippen molar-refractivity contribution in [3.8, 4) is 0 Å². The Balaban J connectivity index is 2.03. The first-order valence-corrected chi connectivity index (χ1v) is 7.69. The van der Waals surface area contributed by atoms with Crippen LogP contribution in [0.3, 0.4) is 0 Å². The Kier molecular flexibility index (Phi) is 3.44. The quantitative estimate of drug-likeness (QED) is 0.695. The van der Waals surface area contributed by atoms with Crippen molar-refractivity contribution in [2.24, 2.45) is 0 Å². The van der Waals surface area contributed by atoms with Gasteiger partial charge in [-0.1, -0.05) is 36.4 Å². The van der Waals surface area contributed by atoms with Gasteiger partial charge in [0.25, 0.3) is 0 Å². The molecule has 1 atom stereocenters. The lowest BCUT2D eigenvalue weighted by Crippen LogP contribution is -1.96. The van der Waals surface area contributed by atoms with Crippen LogP contribution < -0.4 is 0 Å². The summed E-state index contributed by atoms with van der Waals surface area (Å²) in [4.78, 5) is 2.16. The van der Waals surface area contributed by atoms with Crippen molar-refractivity contribution in [2.75, 3.05) is 0 Å². The number of rotatable bonds is 2. The summed E-state index contributed by atoms with van der Waals surface area (Å²) in [5, 5.41) is 12.8. The van der Waals surface area contributed by atoms with Gasteiger partial charge < -0.3 is 5.11 Å². The van der Waals surface area contributed by atoms with E-state index in [0.29, 0.717) is 0 Å². The van der Waals surface area contributed by atoms with Crippen molar-refractivity contribution in [3.63, 3.8) is 0 Å². The van der Waals surface area contributed by atoms with Crippen LogP contribution in [0.5, 0.6) is 0 Å². The second kappa shape index (κ2) is 5.08. The molecule has 1 nitrogen and oxygen atoms in total. The fourth-order valence-corrected chi connectivity index (χ4v) is 3.73. The van der Waals surface area contributed by atoms with E-state index in [1.54, 1.807) is 11.3 Å². The fourth-order valence-electron chi connectivity index (χ4n) is 2.16. The molecule has 0 saturated carbocycles. The van der Waals surface area contributed by atoms with E-state index >= 15 is 0 Å². The molecule has 0 spiro atoms. The molecule has 0 aliphatic carbocycles. The van der Waals surface area contributed by atoms with E-state index < -0.39 is 6.10 Å². The predicted molar refractivity (Wildman–Crippen MR) is 84.8 cm³/mol. The Bertz CT molecular complexity index is 713. The lowest BCUT2D eigenvalue weighted by molar-refractivity contribution is 0.224. The van der Waals surface area contributed by atoms with Gasteiger partial charge in [-0.05, 0) is 51.3 Å². The Morgan fingerprint density at radius 3 is 2.47 bits per heavy atom. The second-order valence-electron chi connectivity index (χ2n) is 4.56. The zero-order valence-corrected chi connectivity index (χ0v) is 12.8. The van der Waals surface area contributed by atoms with Gasteiger partial charge in [0.15, 0.2) is 0 Å². The van der Waals surface area contributed by atoms with Crippen molar-refractivity contribution < 1.29 is 5.11 Å². The minimum Gasteiger partial charge on any atom is -0.383 e. The van der Waals surface area contributed by atoms with Gasteiger partial charge in [0.05, 0.1) is 0 Å². The number of thiophene rings is 1. The molecule has 1 aromatic heterocycles. The topological polar surface area (TPSA) is 20.2 Å². The third-order valence-corrected chi connectivity index (χ3v) is 5.42. The van der Waals surface area contributed by atoms with Gasteiger partial charge in [-0.3, -0.25) is 0 Å². The van der Waals surface area contributed by atoms with E-state index in [-0.39, 0.29) is 0 Å². The van der Waals surface area contributed by atoms with Crippen LogP contribution in [0.15, 0.2) is 53.0 Å². The largest absolute Gasteiger partial charge is 0.383 e. The molecule has 0 saturated heterocycles. The zero-order valence-electron chi connectivity index (χ0n) is 10.4. The van der Waals surface area contributed by atoms with E-state index in [0.717, 1.165) is 20.3 Å². The van der Waals surface area contributed by atoms with E-state index in [2.05, 4.69) is 40.2 Å². The highest BCUT2D eigenvalue weighted by molar-refractivity contribution is 9.10. The number of hydrogen-bond donors (Lipinski definition) is 1. The van der Waals surface area contributed by atoms with Crippen molar-refractivity contribution in [1.82, 2.24) is 0 Å². The second-order valence-corrected chi connectivity index (χ2v) is 6.70. The molecule has 0 radical (unpaired) electrons. The van der Waals surface area contributed by atoms with Crippen molar-refractivity contribution in [1.29, 1.82) is 0 Å². The molecule has 1 heterocycles. The van der Waals surface area contributed by atoms with Gasteiger partial charge in [0.2, 0.25) is 0 Å². The van der Waals surface area contributed by atoms with Gasteiger partial charge in [0.1, 0.15) is 6.10 Å². The highest BCUT2D eigenvalue weighted by Crippen LogP contribution is 2.34. The summed E-state index contributed by atoms with van der Waals surface area (Å²) in [5.41, 5.74) is 0.937. The highest BCUT2D eigenvalue weighted by atomic mass is 79.9. The number of halogens is 1. The third kappa shape index (κ3) is 2.46. The van der Waals surface area contributed by atoms with Crippen molar-refractivity contribution >= 4 is 38.0 Å². The van der Waals surface area contributed by atoms with E-state index in [9.17, 15) is 5.11 Å². The lowest BCUT2D eigenvalue weighted by atomic mass is 10.0. The molecule has 0 fully saturated rings. The maximum Gasteiger partial charge on any atom is 0.113 e. The van der Waals surface area contributed by atoms with E-state index in [1.807, 2.05) is 31.2 Å². The average molecular weight is 333 g/mol. The molecule has 1 unspecified atom stereocenters. The molecule has 3 aromatic rings. The monoisotopic (exact) mass is 332 g/mol. The summed E-state index contributed by atoms with van der Waals surface area (Å²) in [6.07, 6.45) is -0.556. The third-order valence-electron chi connectivity index (χ3n) is 3.24. The molecular weight excluding hydrogens is 320 g/mol. The van der Waals surface area contributed by atoms with Crippen molar-refractivity contribution in [3.05, 3.63) is 68.3 Å². The van der Waals surface area contributed by atoms with Gasteiger partial charge in [0, 0.05) is 14.2 Å². The standard InChI is InChI=1S/C16H13BrOS/c1-10-14(17)9-15(19-10)16(18)13-7-6-11-4-2-3-5-12(11)8-13/h2-9,16,18H,1H3. The Labute approximate surface area is 124 Å². The highest BCUT2D eigenvalue weighted by Gasteiger charge is 2.14. The van der Waals surface area contributed by atoms with Crippen LogP contribution in [0.2, 0.25) is 0 Å². The number of benzene rings is 2. The van der Waals surface area contributed by atoms with Crippen LogP contribution in [0.25, 0.3) is 10.8 Å². The van der Waals surface area contributed by atoms with Gasteiger partial charge >= 0.3 is 0 Å². The lowest BCUT2D eigenvalue weighted by Gasteiger charge is -2.10. The van der Waals surface area contributed by atoms with Crippen LogP contribution in [0, 0.1) is 6.92 Å². The smallest absolute Gasteiger partial charge is 0.113 e. The first-order chi connectivity index (χ1) is 9.15. The molecule has 0 aliphatic rings. The van der Waals surface area contributed by atoms with Gasteiger partial charge in [-0.2, -0.15) is 0 Å². The summed E-state index contributed by atoms with van der Waals surface area (Å²) in [6, 6.07) is 16.3. The summed E-state index contributed by atoms with van der Waals surface area (Å²) in [7, 11) is 0. The molecule has 0 bridgehead atoms. The number of fused-ring (bicyclic) bond motifs is 1. The number of hydrogen-bond acceptors (Lipinski definition) is 2. The summed E-state index contributed by atoms with van der Waals surface area (Å²) < 4.78 is 1.06.